The van der Waals surface area contributed by atoms with Crippen LogP contribution in [-0.2, 0) is 11.2 Å². The first kappa shape index (κ1) is 14.7. The number of nitrogens with one attached hydrogen (secondary N) is 1. The van der Waals surface area contributed by atoms with Gasteiger partial charge in [-0.2, -0.15) is 0 Å². The van der Waals surface area contributed by atoms with Crippen molar-refractivity contribution in [3.8, 4) is 0 Å². The van der Waals surface area contributed by atoms with E-state index < -0.39 is 0 Å². The maximum absolute atomic E-state index is 11.8. The summed E-state index contributed by atoms with van der Waals surface area (Å²) in [7, 11) is 0. The summed E-state index contributed by atoms with van der Waals surface area (Å²) in [5, 5.41) is 18.8. The Morgan fingerprint density at radius 2 is 2.35 bits per heavy atom. The second-order valence-corrected chi connectivity index (χ2v) is 6.09. The Morgan fingerprint density at radius 1 is 1.50 bits per heavy atom. The van der Waals surface area contributed by atoms with Gasteiger partial charge in [0.1, 0.15) is 11.4 Å². The van der Waals surface area contributed by atoms with Crippen molar-refractivity contribution < 1.29 is 10.0 Å². The van der Waals surface area contributed by atoms with Crippen LogP contribution in [0.3, 0.4) is 0 Å². The molecule has 0 aliphatic heterocycles. The largest absolute Gasteiger partial charge is 0.411 e. The minimum Gasteiger partial charge on any atom is -0.411 e. The molecule has 2 rings (SSSR count). The van der Waals surface area contributed by atoms with Gasteiger partial charge in [0.05, 0.1) is 0 Å². The number of thiazole rings is 1. The van der Waals surface area contributed by atoms with Crippen molar-refractivity contribution in [2.75, 3.05) is 5.32 Å². The number of aryl methyl sites for hydroxylation is 1. The molecule has 2 aromatic heterocycles. The van der Waals surface area contributed by atoms with Gasteiger partial charge in [0, 0.05) is 16.7 Å². The molecule has 0 saturated heterocycles. The lowest BCUT2D eigenvalue weighted by Crippen LogP contribution is -2.11. The van der Waals surface area contributed by atoms with Gasteiger partial charge in [-0.05, 0) is 31.2 Å². The van der Waals surface area contributed by atoms with Crippen molar-refractivity contribution in [1.82, 2.24) is 4.98 Å². The number of rotatable bonds is 6. The Kier molecular flexibility index (Phi) is 5.25. The summed E-state index contributed by atoms with van der Waals surface area (Å²) in [6.45, 7) is 1.65. The number of carbonyl (C=O) groups excluding carboxylic acids is 1. The maximum atomic E-state index is 11.8. The summed E-state index contributed by atoms with van der Waals surface area (Å²) < 4.78 is 0. The van der Waals surface area contributed by atoms with Gasteiger partial charge >= 0.3 is 0 Å². The quantitative estimate of drug-likeness (QED) is 0.488. The van der Waals surface area contributed by atoms with Crippen LogP contribution in [0.1, 0.15) is 30.3 Å². The van der Waals surface area contributed by atoms with Gasteiger partial charge in [-0.3, -0.25) is 4.79 Å². The highest BCUT2D eigenvalue weighted by molar-refractivity contribution is 7.14. The molecule has 0 aliphatic rings. The fourth-order valence-corrected chi connectivity index (χ4v) is 3.13. The molecule has 20 heavy (non-hydrogen) atoms. The molecule has 0 aliphatic carbocycles. The topological polar surface area (TPSA) is 74.6 Å². The zero-order valence-electron chi connectivity index (χ0n) is 11.0. The Morgan fingerprint density at radius 3 is 3.05 bits per heavy atom. The number of oxime groups is 1. The van der Waals surface area contributed by atoms with E-state index >= 15 is 0 Å². The molecular formula is C13H15N3O2S2. The summed E-state index contributed by atoms with van der Waals surface area (Å²) >= 11 is 3.03. The van der Waals surface area contributed by atoms with Gasteiger partial charge in [-0.15, -0.1) is 22.7 Å². The van der Waals surface area contributed by atoms with E-state index in [1.807, 2.05) is 11.4 Å². The highest BCUT2D eigenvalue weighted by Crippen LogP contribution is 2.17. The number of thiophene rings is 1. The zero-order valence-corrected chi connectivity index (χ0v) is 12.6. The van der Waals surface area contributed by atoms with Crippen LogP contribution in [0.5, 0.6) is 0 Å². The van der Waals surface area contributed by atoms with E-state index in [1.54, 1.807) is 23.6 Å². The monoisotopic (exact) mass is 309 g/mol. The molecule has 5 nitrogen and oxygen atoms in total. The van der Waals surface area contributed by atoms with Crippen molar-refractivity contribution in [2.24, 2.45) is 5.16 Å². The van der Waals surface area contributed by atoms with Gasteiger partial charge in [0.2, 0.25) is 5.91 Å². The van der Waals surface area contributed by atoms with E-state index in [-0.39, 0.29) is 5.91 Å². The van der Waals surface area contributed by atoms with Crippen molar-refractivity contribution in [1.29, 1.82) is 0 Å². The molecule has 0 spiro atoms. The first-order valence-electron chi connectivity index (χ1n) is 6.16. The first-order chi connectivity index (χ1) is 9.69. The van der Waals surface area contributed by atoms with Crippen LogP contribution in [0.25, 0.3) is 0 Å². The third-order valence-corrected chi connectivity index (χ3v) is 4.37. The van der Waals surface area contributed by atoms with E-state index in [4.69, 9.17) is 5.21 Å². The van der Waals surface area contributed by atoms with Gasteiger partial charge in [-0.25, -0.2) is 4.98 Å². The summed E-state index contributed by atoms with van der Waals surface area (Å²) in [5.74, 6) is -0.0407. The normalized spacial score (nSPS) is 11.6. The SMILES string of the molecule is CC(=NO)c1csc(NC(=O)CCCc2cccs2)n1. The zero-order chi connectivity index (χ0) is 14.4. The Hall–Kier alpha value is -1.73. The van der Waals surface area contributed by atoms with Gasteiger partial charge in [-0.1, -0.05) is 11.2 Å². The summed E-state index contributed by atoms with van der Waals surface area (Å²) in [6, 6.07) is 4.09. The molecule has 1 amide bonds. The first-order valence-corrected chi connectivity index (χ1v) is 7.92. The fraction of sp³-hybridized carbons (Fsp3) is 0.308. The number of hydrogen-bond donors (Lipinski definition) is 2. The van der Waals surface area contributed by atoms with Crippen LogP contribution in [0.2, 0.25) is 0 Å². The smallest absolute Gasteiger partial charge is 0.226 e. The Balaban J connectivity index is 1.78. The lowest BCUT2D eigenvalue weighted by Gasteiger charge is -2.00. The Bertz CT molecular complexity index is 591. The minimum atomic E-state index is -0.0407. The highest BCUT2D eigenvalue weighted by atomic mass is 32.1. The molecule has 106 valence electrons. The molecule has 7 heteroatoms. The standard InChI is InChI=1S/C13H15N3O2S2/c1-9(16-18)11-8-20-13(14-11)15-12(17)6-2-4-10-5-3-7-19-10/h3,5,7-8,18H,2,4,6H2,1H3,(H,14,15,17). The molecule has 0 fully saturated rings. The van der Waals surface area contributed by atoms with Crippen LogP contribution >= 0.6 is 22.7 Å². The average Bonchev–Trinajstić information content (AvgIpc) is 3.09. The molecule has 0 radical (unpaired) electrons. The lowest BCUT2D eigenvalue weighted by molar-refractivity contribution is -0.116. The molecule has 2 N–H and O–H groups in total. The number of carbonyl (C=O) groups is 1. The third-order valence-electron chi connectivity index (χ3n) is 2.68. The summed E-state index contributed by atoms with van der Waals surface area (Å²) in [4.78, 5) is 17.2. The minimum absolute atomic E-state index is 0.0407. The van der Waals surface area contributed by atoms with Crippen LogP contribution < -0.4 is 5.32 Å². The van der Waals surface area contributed by atoms with E-state index in [2.05, 4.69) is 21.5 Å². The molecule has 0 atom stereocenters. The summed E-state index contributed by atoms with van der Waals surface area (Å²) in [6.07, 6.45) is 2.21. The molecule has 0 unspecified atom stereocenters. The number of aromatic nitrogens is 1. The van der Waals surface area contributed by atoms with Crippen molar-refractivity contribution >= 4 is 39.4 Å². The molecular weight excluding hydrogens is 294 g/mol. The van der Waals surface area contributed by atoms with Gasteiger partial charge < -0.3 is 10.5 Å². The van der Waals surface area contributed by atoms with Gasteiger partial charge in [0.15, 0.2) is 5.13 Å². The van der Waals surface area contributed by atoms with Crippen molar-refractivity contribution in [3.63, 3.8) is 0 Å². The van der Waals surface area contributed by atoms with Gasteiger partial charge in [0.25, 0.3) is 0 Å². The van der Waals surface area contributed by atoms with E-state index in [0.717, 1.165) is 12.8 Å². The molecule has 2 heterocycles. The average molecular weight is 309 g/mol. The molecule has 0 bridgehead atoms. The molecule has 0 saturated carbocycles. The summed E-state index contributed by atoms with van der Waals surface area (Å²) in [5.41, 5.74) is 1.01. The maximum Gasteiger partial charge on any atom is 0.226 e. The highest BCUT2D eigenvalue weighted by Gasteiger charge is 2.08. The second-order valence-electron chi connectivity index (χ2n) is 4.20. The number of amides is 1. The second kappa shape index (κ2) is 7.16. The predicted octanol–water partition coefficient (Wildman–Crippen LogP) is 3.36. The third kappa shape index (κ3) is 4.14. The van der Waals surface area contributed by atoms with E-state index in [9.17, 15) is 4.79 Å². The van der Waals surface area contributed by atoms with Crippen LogP contribution in [-0.4, -0.2) is 21.8 Å². The molecule has 0 aromatic carbocycles. The predicted molar refractivity (Wildman–Crippen MR) is 82.0 cm³/mol. The van der Waals surface area contributed by atoms with Crippen LogP contribution in [0, 0.1) is 0 Å². The fourth-order valence-electron chi connectivity index (χ4n) is 1.61. The number of anilines is 1. The van der Waals surface area contributed by atoms with Crippen molar-refractivity contribution in [2.45, 2.75) is 26.2 Å². The molecule has 2 aromatic rings. The number of hydrogen-bond acceptors (Lipinski definition) is 6. The van der Waals surface area contributed by atoms with Crippen LogP contribution in [0.15, 0.2) is 28.0 Å². The number of nitrogens with zero attached hydrogens (tertiary/aromatic N) is 2. The lowest BCUT2D eigenvalue weighted by atomic mass is 10.2. The van der Waals surface area contributed by atoms with E-state index in [0.29, 0.717) is 23.0 Å². The Labute approximate surface area is 125 Å². The van der Waals surface area contributed by atoms with Crippen molar-refractivity contribution in [3.05, 3.63) is 33.5 Å². The van der Waals surface area contributed by atoms with E-state index in [1.165, 1.54) is 16.2 Å². The van der Waals surface area contributed by atoms with Crippen LogP contribution in [0.4, 0.5) is 5.13 Å².